The number of thioether (sulfide) groups is 1. The highest BCUT2D eigenvalue weighted by Crippen LogP contribution is 2.32. The van der Waals surface area contributed by atoms with Crippen molar-refractivity contribution in [3.63, 3.8) is 0 Å². The number of ketones is 1. The highest BCUT2D eigenvalue weighted by atomic mass is 32.2. The van der Waals surface area contributed by atoms with Crippen molar-refractivity contribution in [2.75, 3.05) is 11.1 Å². The van der Waals surface area contributed by atoms with E-state index < -0.39 is 0 Å². The largest absolute Gasteiger partial charge is 0.325 e. The minimum atomic E-state index is -0.0726. The number of imidazole rings is 1. The van der Waals surface area contributed by atoms with Crippen molar-refractivity contribution in [1.29, 1.82) is 0 Å². The number of hydrogen-bond donors (Lipinski definition) is 1. The van der Waals surface area contributed by atoms with Gasteiger partial charge in [0.1, 0.15) is 0 Å². The summed E-state index contributed by atoms with van der Waals surface area (Å²) >= 11 is 1.46. The number of aromatic nitrogens is 2. The van der Waals surface area contributed by atoms with E-state index >= 15 is 0 Å². The van der Waals surface area contributed by atoms with Crippen molar-refractivity contribution in [2.24, 2.45) is 0 Å². The SMILES string of the molecule is CC(=O)c1ccc(NC(=O)CSc2nccn2C2CCCC2)cc1. The second-order valence-electron chi connectivity index (χ2n) is 6.03. The van der Waals surface area contributed by atoms with Gasteiger partial charge in [0, 0.05) is 29.7 Å². The Labute approximate surface area is 145 Å². The molecule has 0 unspecified atom stereocenters. The molecule has 126 valence electrons. The summed E-state index contributed by atoms with van der Waals surface area (Å²) in [5, 5.41) is 3.76. The van der Waals surface area contributed by atoms with Crippen LogP contribution in [-0.4, -0.2) is 27.0 Å². The Bertz CT molecular complexity index is 718. The molecule has 1 aromatic carbocycles. The topological polar surface area (TPSA) is 64.0 Å². The lowest BCUT2D eigenvalue weighted by Gasteiger charge is -2.14. The molecule has 5 nitrogen and oxygen atoms in total. The molecular formula is C18H21N3O2S. The molecule has 3 rings (SSSR count). The second kappa shape index (κ2) is 7.66. The van der Waals surface area contributed by atoms with Crippen LogP contribution in [-0.2, 0) is 4.79 Å². The lowest BCUT2D eigenvalue weighted by molar-refractivity contribution is -0.113. The summed E-state index contributed by atoms with van der Waals surface area (Å²) in [5.74, 6) is 0.261. The average molecular weight is 343 g/mol. The summed E-state index contributed by atoms with van der Waals surface area (Å²) in [6.07, 6.45) is 8.74. The molecule has 0 atom stereocenters. The first kappa shape index (κ1) is 16.8. The van der Waals surface area contributed by atoms with E-state index in [1.807, 2.05) is 6.20 Å². The van der Waals surface area contributed by atoms with Crippen LogP contribution in [0.5, 0.6) is 0 Å². The van der Waals surface area contributed by atoms with Gasteiger partial charge >= 0.3 is 0 Å². The number of carbonyl (C=O) groups is 2. The highest BCUT2D eigenvalue weighted by molar-refractivity contribution is 7.99. The summed E-state index contributed by atoms with van der Waals surface area (Å²) in [4.78, 5) is 27.8. The van der Waals surface area contributed by atoms with Crippen LogP contribution in [0.1, 0.15) is 49.0 Å². The predicted molar refractivity (Wildman–Crippen MR) is 95.5 cm³/mol. The Balaban J connectivity index is 1.54. The van der Waals surface area contributed by atoms with Crippen LogP contribution in [0.25, 0.3) is 0 Å². The van der Waals surface area contributed by atoms with Crippen LogP contribution in [0.2, 0.25) is 0 Å². The normalized spacial score (nSPS) is 14.7. The first-order valence-electron chi connectivity index (χ1n) is 8.20. The van der Waals surface area contributed by atoms with Crippen LogP contribution in [0.15, 0.2) is 41.8 Å². The van der Waals surface area contributed by atoms with Gasteiger partial charge in [0.2, 0.25) is 5.91 Å². The first-order chi connectivity index (χ1) is 11.6. The maximum absolute atomic E-state index is 12.1. The molecule has 0 saturated heterocycles. The van der Waals surface area contributed by atoms with E-state index in [0.29, 0.717) is 23.0 Å². The molecule has 1 saturated carbocycles. The van der Waals surface area contributed by atoms with Gasteiger partial charge in [-0.1, -0.05) is 24.6 Å². The zero-order valence-corrected chi connectivity index (χ0v) is 14.5. The van der Waals surface area contributed by atoms with Crippen LogP contribution < -0.4 is 5.32 Å². The summed E-state index contributed by atoms with van der Waals surface area (Å²) in [7, 11) is 0. The van der Waals surface area contributed by atoms with E-state index in [9.17, 15) is 9.59 Å². The predicted octanol–water partition coefficient (Wildman–Crippen LogP) is 3.93. The van der Waals surface area contributed by atoms with Gasteiger partial charge in [0.05, 0.1) is 5.75 Å². The Morgan fingerprint density at radius 3 is 2.62 bits per heavy atom. The molecule has 1 amide bonds. The Hall–Kier alpha value is -2.08. The van der Waals surface area contributed by atoms with Crippen LogP contribution >= 0.6 is 11.8 Å². The number of carbonyl (C=O) groups excluding carboxylic acids is 2. The van der Waals surface area contributed by atoms with Gasteiger partial charge in [0.15, 0.2) is 10.9 Å². The maximum atomic E-state index is 12.1. The third kappa shape index (κ3) is 4.06. The average Bonchev–Trinajstić information content (AvgIpc) is 3.24. The van der Waals surface area contributed by atoms with Gasteiger partial charge in [-0.2, -0.15) is 0 Å². The van der Waals surface area contributed by atoms with Crippen molar-refractivity contribution >= 4 is 29.1 Å². The van der Waals surface area contributed by atoms with Gasteiger partial charge in [-0.15, -0.1) is 0 Å². The summed E-state index contributed by atoms with van der Waals surface area (Å²) in [6.45, 7) is 1.52. The van der Waals surface area contributed by atoms with Gasteiger partial charge in [-0.05, 0) is 44.0 Å². The second-order valence-corrected chi connectivity index (χ2v) is 6.97. The lowest BCUT2D eigenvalue weighted by atomic mass is 10.1. The van der Waals surface area contributed by atoms with E-state index in [4.69, 9.17) is 0 Å². The van der Waals surface area contributed by atoms with Crippen molar-refractivity contribution in [3.05, 3.63) is 42.2 Å². The van der Waals surface area contributed by atoms with Crippen LogP contribution in [0.3, 0.4) is 0 Å². The third-order valence-corrected chi connectivity index (χ3v) is 5.24. The van der Waals surface area contributed by atoms with E-state index in [1.165, 1.54) is 44.4 Å². The molecule has 0 bridgehead atoms. The fourth-order valence-corrected chi connectivity index (χ4v) is 3.81. The molecule has 6 heteroatoms. The fourth-order valence-electron chi connectivity index (χ4n) is 2.99. The van der Waals surface area contributed by atoms with Crippen molar-refractivity contribution in [2.45, 2.75) is 43.8 Å². The first-order valence-corrected chi connectivity index (χ1v) is 9.18. The number of amides is 1. The number of anilines is 1. The van der Waals surface area contributed by atoms with Crippen LogP contribution in [0.4, 0.5) is 5.69 Å². The number of nitrogens with one attached hydrogen (secondary N) is 1. The monoisotopic (exact) mass is 343 g/mol. The van der Waals surface area contributed by atoms with Gasteiger partial charge in [0.25, 0.3) is 0 Å². The standard InChI is InChI=1S/C18H21N3O2S/c1-13(22)14-6-8-15(9-7-14)20-17(23)12-24-18-19-10-11-21(18)16-4-2-3-5-16/h6-11,16H,2-5,12H2,1H3,(H,20,23). The summed E-state index contributed by atoms with van der Waals surface area (Å²) in [5.41, 5.74) is 1.34. The number of hydrogen-bond acceptors (Lipinski definition) is 4. The molecule has 24 heavy (non-hydrogen) atoms. The van der Waals surface area contributed by atoms with E-state index in [-0.39, 0.29) is 11.7 Å². The van der Waals surface area contributed by atoms with E-state index in [0.717, 1.165) is 5.16 Å². The molecule has 1 aliphatic carbocycles. The quantitative estimate of drug-likeness (QED) is 0.637. The van der Waals surface area contributed by atoms with Crippen molar-refractivity contribution in [3.8, 4) is 0 Å². The number of rotatable bonds is 6. The van der Waals surface area contributed by atoms with E-state index in [1.54, 1.807) is 30.5 Å². The molecule has 1 fully saturated rings. The molecule has 0 aliphatic heterocycles. The van der Waals surface area contributed by atoms with Gasteiger partial charge in [-0.3, -0.25) is 9.59 Å². The smallest absolute Gasteiger partial charge is 0.234 e. The zero-order chi connectivity index (χ0) is 16.9. The minimum absolute atomic E-state index is 0.0159. The molecule has 0 spiro atoms. The minimum Gasteiger partial charge on any atom is -0.325 e. The summed E-state index contributed by atoms with van der Waals surface area (Å²) < 4.78 is 2.20. The van der Waals surface area contributed by atoms with Gasteiger partial charge in [-0.25, -0.2) is 4.98 Å². The highest BCUT2D eigenvalue weighted by Gasteiger charge is 2.19. The van der Waals surface area contributed by atoms with E-state index in [2.05, 4.69) is 14.9 Å². The number of Topliss-reactive ketones (excluding diaryl/α,β-unsaturated/α-hetero) is 1. The maximum Gasteiger partial charge on any atom is 0.234 e. The van der Waals surface area contributed by atoms with Gasteiger partial charge < -0.3 is 9.88 Å². The summed E-state index contributed by atoms with van der Waals surface area (Å²) in [6, 6.07) is 7.46. The molecule has 0 radical (unpaired) electrons. The molecule has 1 aliphatic rings. The molecule has 1 N–H and O–H groups in total. The number of benzene rings is 1. The Morgan fingerprint density at radius 2 is 1.96 bits per heavy atom. The number of nitrogens with zero attached hydrogens (tertiary/aromatic N) is 2. The third-order valence-electron chi connectivity index (χ3n) is 4.26. The molecular weight excluding hydrogens is 322 g/mol. The van der Waals surface area contributed by atoms with Crippen molar-refractivity contribution in [1.82, 2.24) is 9.55 Å². The van der Waals surface area contributed by atoms with Crippen LogP contribution in [0, 0.1) is 0 Å². The molecule has 1 aromatic heterocycles. The lowest BCUT2D eigenvalue weighted by Crippen LogP contribution is -2.15. The fraction of sp³-hybridized carbons (Fsp3) is 0.389. The zero-order valence-electron chi connectivity index (χ0n) is 13.7. The molecule has 1 heterocycles. The Morgan fingerprint density at radius 1 is 1.25 bits per heavy atom. The molecule has 2 aromatic rings. The van der Waals surface area contributed by atoms with Crippen molar-refractivity contribution < 1.29 is 9.59 Å². The Kier molecular flexibility index (Phi) is 5.35.